The van der Waals surface area contributed by atoms with E-state index in [1.807, 2.05) is 24.3 Å². The van der Waals surface area contributed by atoms with Gasteiger partial charge in [0.25, 0.3) is 0 Å². The fourth-order valence-corrected chi connectivity index (χ4v) is 1.50. The number of unbranched alkanes of at least 4 members (excludes halogenated alkanes) is 2. The molecule has 0 bridgehead atoms. The van der Waals surface area contributed by atoms with E-state index >= 15 is 0 Å². The Balaban J connectivity index is 2.11. The van der Waals surface area contributed by atoms with Gasteiger partial charge in [0, 0.05) is 0 Å². The van der Waals surface area contributed by atoms with Gasteiger partial charge in [-0.1, -0.05) is 37.6 Å². The van der Waals surface area contributed by atoms with E-state index < -0.39 is 7.12 Å². The van der Waals surface area contributed by atoms with Crippen molar-refractivity contribution in [1.29, 1.82) is 0 Å². The molecular weight excluding hydrogens is 215 g/mol. The highest BCUT2D eigenvalue weighted by molar-refractivity contribution is 6.40. The van der Waals surface area contributed by atoms with E-state index in [4.69, 9.17) is 14.8 Å². The van der Waals surface area contributed by atoms with Crippen molar-refractivity contribution in [2.45, 2.75) is 25.6 Å². The van der Waals surface area contributed by atoms with E-state index in [-0.39, 0.29) is 0 Å². The van der Waals surface area contributed by atoms with Crippen molar-refractivity contribution in [2.24, 2.45) is 0 Å². The highest BCUT2D eigenvalue weighted by atomic mass is 16.5. The minimum Gasteiger partial charge on any atom is -0.494 e. The number of hydrogen-bond acceptors (Lipinski definition) is 3. The largest absolute Gasteiger partial charge is 0.494 e. The maximum absolute atomic E-state index is 8.65. The molecule has 0 saturated carbocycles. The SMILES string of the molecule is C=Cc1ccc(OCCCCCB(O)O)cc1. The van der Waals surface area contributed by atoms with Crippen molar-refractivity contribution in [3.63, 3.8) is 0 Å². The molecule has 1 aromatic rings. The smallest absolute Gasteiger partial charge is 0.451 e. The van der Waals surface area contributed by atoms with Crippen molar-refractivity contribution in [3.8, 4) is 5.75 Å². The molecule has 0 aliphatic carbocycles. The molecule has 0 fully saturated rings. The number of rotatable bonds is 8. The van der Waals surface area contributed by atoms with E-state index in [9.17, 15) is 0 Å². The van der Waals surface area contributed by atoms with E-state index in [0.29, 0.717) is 12.9 Å². The van der Waals surface area contributed by atoms with Gasteiger partial charge in [-0.25, -0.2) is 0 Å². The molecule has 0 heterocycles. The molecule has 0 amide bonds. The molecule has 0 atom stereocenters. The summed E-state index contributed by atoms with van der Waals surface area (Å²) >= 11 is 0. The first-order valence-corrected chi connectivity index (χ1v) is 5.94. The van der Waals surface area contributed by atoms with E-state index in [1.54, 1.807) is 6.08 Å². The first-order chi connectivity index (χ1) is 8.22. The van der Waals surface area contributed by atoms with Crippen LogP contribution in [0, 0.1) is 0 Å². The van der Waals surface area contributed by atoms with Gasteiger partial charge in [-0.3, -0.25) is 0 Å². The van der Waals surface area contributed by atoms with Gasteiger partial charge in [-0.2, -0.15) is 0 Å². The number of benzene rings is 1. The molecule has 0 unspecified atom stereocenters. The Morgan fingerprint density at radius 1 is 1.12 bits per heavy atom. The van der Waals surface area contributed by atoms with Gasteiger partial charge >= 0.3 is 7.12 Å². The lowest BCUT2D eigenvalue weighted by Crippen LogP contribution is -2.09. The maximum Gasteiger partial charge on any atom is 0.451 e. The molecule has 92 valence electrons. The number of hydrogen-bond donors (Lipinski definition) is 2. The predicted molar refractivity (Wildman–Crippen MR) is 70.9 cm³/mol. The molecule has 0 radical (unpaired) electrons. The molecule has 1 rings (SSSR count). The minimum absolute atomic E-state index is 0.439. The zero-order valence-electron chi connectivity index (χ0n) is 10.0. The Hall–Kier alpha value is -1.26. The summed E-state index contributed by atoms with van der Waals surface area (Å²) in [5.41, 5.74) is 1.08. The van der Waals surface area contributed by atoms with Crippen molar-refractivity contribution in [3.05, 3.63) is 36.4 Å². The molecule has 4 heteroatoms. The molecule has 0 aliphatic rings. The normalized spacial score (nSPS) is 10.0. The number of ether oxygens (including phenoxy) is 1. The topological polar surface area (TPSA) is 49.7 Å². The van der Waals surface area contributed by atoms with Crippen molar-refractivity contribution >= 4 is 13.2 Å². The maximum atomic E-state index is 8.65. The van der Waals surface area contributed by atoms with E-state index in [2.05, 4.69) is 6.58 Å². The standard InChI is InChI=1S/C13H19BO3/c1-2-12-6-8-13(9-7-12)17-11-5-3-4-10-14(15)16/h2,6-9,15-16H,1,3-5,10-11H2. The summed E-state index contributed by atoms with van der Waals surface area (Å²) in [4.78, 5) is 0. The molecule has 0 aromatic heterocycles. The van der Waals surface area contributed by atoms with Crippen LogP contribution in [0.25, 0.3) is 6.08 Å². The highest BCUT2D eigenvalue weighted by Gasteiger charge is 2.04. The Morgan fingerprint density at radius 3 is 2.41 bits per heavy atom. The average molecular weight is 234 g/mol. The zero-order valence-corrected chi connectivity index (χ0v) is 10.0. The summed E-state index contributed by atoms with van der Waals surface area (Å²) in [6.07, 6.45) is 4.92. The third-order valence-corrected chi connectivity index (χ3v) is 2.49. The predicted octanol–water partition coefficient (Wildman–Crippen LogP) is 2.35. The van der Waals surface area contributed by atoms with E-state index in [1.165, 1.54) is 0 Å². The van der Waals surface area contributed by atoms with Gasteiger partial charge in [-0.15, -0.1) is 0 Å². The van der Waals surface area contributed by atoms with Gasteiger partial charge in [-0.05, 0) is 30.4 Å². The molecule has 1 aromatic carbocycles. The van der Waals surface area contributed by atoms with Crippen LogP contribution in [-0.4, -0.2) is 23.8 Å². The molecule has 3 nitrogen and oxygen atoms in total. The van der Waals surface area contributed by atoms with Crippen LogP contribution in [-0.2, 0) is 0 Å². The lowest BCUT2D eigenvalue weighted by molar-refractivity contribution is 0.305. The summed E-state index contributed by atoms with van der Waals surface area (Å²) in [5.74, 6) is 0.859. The van der Waals surface area contributed by atoms with E-state index in [0.717, 1.165) is 30.6 Å². The van der Waals surface area contributed by atoms with Gasteiger partial charge in [0.15, 0.2) is 0 Å². The lowest BCUT2D eigenvalue weighted by atomic mass is 9.83. The van der Waals surface area contributed by atoms with Crippen LogP contribution in [0.3, 0.4) is 0 Å². The van der Waals surface area contributed by atoms with Gasteiger partial charge in [0.05, 0.1) is 6.61 Å². The van der Waals surface area contributed by atoms with Crippen LogP contribution in [0.5, 0.6) is 5.75 Å². The summed E-state index contributed by atoms with van der Waals surface area (Å²) in [7, 11) is -1.18. The first kappa shape index (κ1) is 13.8. The van der Waals surface area contributed by atoms with Crippen LogP contribution in [0.15, 0.2) is 30.8 Å². The summed E-state index contributed by atoms with van der Waals surface area (Å²) in [6, 6.07) is 7.78. The Kier molecular flexibility index (Phi) is 6.44. The lowest BCUT2D eigenvalue weighted by Gasteiger charge is -2.06. The van der Waals surface area contributed by atoms with Crippen molar-refractivity contribution in [2.75, 3.05) is 6.61 Å². The third kappa shape index (κ3) is 6.14. The van der Waals surface area contributed by atoms with Crippen LogP contribution < -0.4 is 4.74 Å². The summed E-state index contributed by atoms with van der Waals surface area (Å²) in [5, 5.41) is 17.3. The second-order valence-electron chi connectivity index (χ2n) is 3.95. The van der Waals surface area contributed by atoms with Crippen molar-refractivity contribution in [1.82, 2.24) is 0 Å². The van der Waals surface area contributed by atoms with Gasteiger partial charge in [0.1, 0.15) is 5.75 Å². The molecule has 2 N–H and O–H groups in total. The van der Waals surface area contributed by atoms with Crippen LogP contribution in [0.4, 0.5) is 0 Å². The van der Waals surface area contributed by atoms with Crippen LogP contribution >= 0.6 is 0 Å². The van der Waals surface area contributed by atoms with Crippen LogP contribution in [0.1, 0.15) is 24.8 Å². The zero-order chi connectivity index (χ0) is 12.5. The Labute approximate surface area is 103 Å². The first-order valence-electron chi connectivity index (χ1n) is 5.94. The monoisotopic (exact) mass is 234 g/mol. The van der Waals surface area contributed by atoms with Gasteiger partial charge < -0.3 is 14.8 Å². The summed E-state index contributed by atoms with van der Waals surface area (Å²) < 4.78 is 5.55. The summed E-state index contributed by atoms with van der Waals surface area (Å²) in [6.45, 7) is 4.35. The Morgan fingerprint density at radius 2 is 1.82 bits per heavy atom. The fourth-order valence-electron chi connectivity index (χ4n) is 1.50. The highest BCUT2D eigenvalue weighted by Crippen LogP contribution is 2.13. The van der Waals surface area contributed by atoms with Crippen molar-refractivity contribution < 1.29 is 14.8 Å². The molecule has 0 spiro atoms. The second-order valence-corrected chi connectivity index (χ2v) is 3.95. The molecule has 0 aliphatic heterocycles. The second kappa shape index (κ2) is 7.93. The van der Waals surface area contributed by atoms with Crippen LogP contribution in [0.2, 0.25) is 6.32 Å². The Bertz CT molecular complexity index is 322. The minimum atomic E-state index is -1.18. The molecular formula is C13H19BO3. The quantitative estimate of drug-likeness (QED) is 0.536. The average Bonchev–Trinajstić information content (AvgIpc) is 2.34. The third-order valence-electron chi connectivity index (χ3n) is 2.49. The molecule has 0 saturated heterocycles. The fraction of sp³-hybridized carbons (Fsp3) is 0.385. The molecule has 17 heavy (non-hydrogen) atoms. The van der Waals surface area contributed by atoms with Gasteiger partial charge in [0.2, 0.25) is 0 Å².